The highest BCUT2D eigenvalue weighted by atomic mass is 16.5. The van der Waals surface area contributed by atoms with Crippen molar-refractivity contribution in [3.63, 3.8) is 0 Å². The molecule has 0 atom stereocenters. The summed E-state index contributed by atoms with van der Waals surface area (Å²) in [5.41, 5.74) is 1.89. The van der Waals surface area contributed by atoms with Gasteiger partial charge in [0.1, 0.15) is 5.75 Å². The van der Waals surface area contributed by atoms with Crippen LogP contribution >= 0.6 is 0 Å². The fourth-order valence-electron chi connectivity index (χ4n) is 3.97. The van der Waals surface area contributed by atoms with Crippen molar-refractivity contribution >= 4 is 29.2 Å². The average Bonchev–Trinajstić information content (AvgIpc) is 2.85. The molecule has 1 saturated heterocycles. The molecule has 0 aliphatic carbocycles. The summed E-state index contributed by atoms with van der Waals surface area (Å²) < 4.78 is 5.12. The van der Waals surface area contributed by atoms with Crippen molar-refractivity contribution in [2.75, 3.05) is 56.6 Å². The second-order valence-electron chi connectivity index (χ2n) is 8.57. The van der Waals surface area contributed by atoms with Gasteiger partial charge in [0.25, 0.3) is 0 Å². The number of hydrogen-bond acceptors (Lipinski definition) is 6. The predicted molar refractivity (Wildman–Crippen MR) is 135 cm³/mol. The highest BCUT2D eigenvalue weighted by Gasteiger charge is 2.21. The standard InChI is InChI=1S/C26H34N4O5/c1-3-4-11-27-25(32)18-29-12-14-30(15-13-29)20-7-10-23(22(17-20)26(33)34)28-24(31)16-19-5-8-21(35-2)9-6-19/h5-10,17H,3-4,11-16,18H2,1-2H3,(H,27,32)(H,28,31)(H,33,34). The first-order valence-corrected chi connectivity index (χ1v) is 11.9. The van der Waals surface area contributed by atoms with Crippen LogP contribution < -0.4 is 20.3 Å². The molecule has 0 saturated carbocycles. The Morgan fingerprint density at radius 1 is 1.00 bits per heavy atom. The number of nitrogens with one attached hydrogen (secondary N) is 2. The molecule has 0 unspecified atom stereocenters. The van der Waals surface area contributed by atoms with Crippen LogP contribution in [0.3, 0.4) is 0 Å². The number of ether oxygens (including phenoxy) is 1. The van der Waals surface area contributed by atoms with Crippen molar-refractivity contribution in [1.29, 1.82) is 0 Å². The molecule has 2 aromatic carbocycles. The molecule has 2 aromatic rings. The van der Waals surface area contributed by atoms with E-state index in [1.807, 2.05) is 6.07 Å². The number of benzene rings is 2. The van der Waals surface area contributed by atoms with Gasteiger partial charge >= 0.3 is 5.97 Å². The van der Waals surface area contributed by atoms with E-state index < -0.39 is 5.97 Å². The van der Waals surface area contributed by atoms with E-state index in [0.717, 1.165) is 24.1 Å². The lowest BCUT2D eigenvalue weighted by Gasteiger charge is -2.36. The Kier molecular flexibility index (Phi) is 9.48. The molecule has 3 N–H and O–H groups in total. The van der Waals surface area contributed by atoms with Gasteiger partial charge in [0.15, 0.2) is 0 Å². The lowest BCUT2D eigenvalue weighted by molar-refractivity contribution is -0.122. The third-order valence-corrected chi connectivity index (χ3v) is 5.99. The molecular formula is C26H34N4O5. The lowest BCUT2D eigenvalue weighted by atomic mass is 10.1. The highest BCUT2D eigenvalue weighted by Crippen LogP contribution is 2.25. The minimum atomic E-state index is -1.10. The zero-order valence-electron chi connectivity index (χ0n) is 20.4. The Labute approximate surface area is 206 Å². The second kappa shape index (κ2) is 12.8. The summed E-state index contributed by atoms with van der Waals surface area (Å²) in [6.45, 7) is 5.96. The summed E-state index contributed by atoms with van der Waals surface area (Å²) in [4.78, 5) is 40.7. The topological polar surface area (TPSA) is 111 Å². The number of carboxylic acid groups (broad SMARTS) is 1. The molecule has 0 spiro atoms. The van der Waals surface area contributed by atoms with Crippen LogP contribution in [0.25, 0.3) is 0 Å². The van der Waals surface area contributed by atoms with Crippen LogP contribution in [0.4, 0.5) is 11.4 Å². The number of methoxy groups -OCH3 is 1. The second-order valence-corrected chi connectivity index (χ2v) is 8.57. The molecule has 3 rings (SSSR count). The molecule has 2 amide bonds. The van der Waals surface area contributed by atoms with Crippen molar-refractivity contribution in [2.24, 2.45) is 0 Å². The molecule has 9 nitrogen and oxygen atoms in total. The summed E-state index contributed by atoms with van der Waals surface area (Å²) in [5.74, 6) is -0.658. The number of nitrogens with zero attached hydrogens (tertiary/aromatic N) is 2. The molecule has 1 aliphatic rings. The number of carbonyl (C=O) groups is 3. The van der Waals surface area contributed by atoms with Crippen LogP contribution in [0.2, 0.25) is 0 Å². The van der Waals surface area contributed by atoms with Gasteiger partial charge in [-0.25, -0.2) is 4.79 Å². The first kappa shape index (κ1) is 26.0. The molecule has 1 fully saturated rings. The summed E-state index contributed by atoms with van der Waals surface area (Å²) >= 11 is 0. The van der Waals surface area contributed by atoms with E-state index in [1.54, 1.807) is 43.5 Å². The first-order chi connectivity index (χ1) is 16.9. The number of rotatable bonds is 11. The quantitative estimate of drug-likeness (QED) is 0.422. The molecular weight excluding hydrogens is 448 g/mol. The molecule has 0 radical (unpaired) electrons. The minimum Gasteiger partial charge on any atom is -0.497 e. The van der Waals surface area contributed by atoms with E-state index in [1.165, 1.54) is 0 Å². The fourth-order valence-corrected chi connectivity index (χ4v) is 3.97. The van der Waals surface area contributed by atoms with Gasteiger partial charge in [-0.2, -0.15) is 0 Å². The molecule has 188 valence electrons. The maximum atomic E-state index is 12.5. The van der Waals surface area contributed by atoms with E-state index >= 15 is 0 Å². The molecule has 9 heteroatoms. The zero-order chi connectivity index (χ0) is 25.2. The van der Waals surface area contributed by atoms with Gasteiger partial charge in [-0.15, -0.1) is 0 Å². The maximum absolute atomic E-state index is 12.5. The number of hydrogen-bond donors (Lipinski definition) is 3. The SMILES string of the molecule is CCCCNC(=O)CN1CCN(c2ccc(NC(=O)Cc3ccc(OC)cc3)c(C(=O)O)c2)CC1. The predicted octanol–water partition coefficient (Wildman–Crippen LogP) is 2.61. The number of carboxylic acids is 1. The van der Waals surface area contributed by atoms with E-state index in [-0.39, 0.29) is 29.5 Å². The molecule has 35 heavy (non-hydrogen) atoms. The summed E-state index contributed by atoms with van der Waals surface area (Å²) in [6, 6.07) is 12.2. The number of amides is 2. The van der Waals surface area contributed by atoms with Gasteiger partial charge < -0.3 is 25.4 Å². The van der Waals surface area contributed by atoms with E-state index in [2.05, 4.69) is 27.4 Å². The number of piperazine rings is 1. The Balaban J connectivity index is 1.57. The molecule has 0 aromatic heterocycles. The van der Waals surface area contributed by atoms with E-state index in [4.69, 9.17) is 4.74 Å². The monoisotopic (exact) mass is 482 g/mol. The minimum absolute atomic E-state index is 0.0368. The number of unbranched alkanes of at least 4 members (excludes halogenated alkanes) is 1. The summed E-state index contributed by atoms with van der Waals surface area (Å²) in [5, 5.41) is 15.4. The van der Waals surface area contributed by atoms with Crippen LogP contribution in [-0.2, 0) is 16.0 Å². The zero-order valence-corrected chi connectivity index (χ0v) is 20.4. The van der Waals surface area contributed by atoms with E-state index in [0.29, 0.717) is 45.0 Å². The van der Waals surface area contributed by atoms with Gasteiger partial charge in [-0.1, -0.05) is 25.5 Å². The number of anilines is 2. The van der Waals surface area contributed by atoms with Crippen molar-refractivity contribution in [3.05, 3.63) is 53.6 Å². The Bertz CT molecular complexity index is 1020. The normalized spacial score (nSPS) is 13.8. The maximum Gasteiger partial charge on any atom is 0.337 e. The Morgan fingerprint density at radius 3 is 2.34 bits per heavy atom. The lowest BCUT2D eigenvalue weighted by Crippen LogP contribution is -2.49. The van der Waals surface area contributed by atoms with Crippen LogP contribution in [0.1, 0.15) is 35.7 Å². The third-order valence-electron chi connectivity index (χ3n) is 5.99. The molecule has 1 heterocycles. The van der Waals surface area contributed by atoms with Crippen LogP contribution in [-0.4, -0.2) is 74.2 Å². The highest BCUT2D eigenvalue weighted by molar-refractivity contribution is 6.01. The smallest absolute Gasteiger partial charge is 0.337 e. The van der Waals surface area contributed by atoms with Gasteiger partial charge in [0, 0.05) is 38.4 Å². The van der Waals surface area contributed by atoms with Crippen molar-refractivity contribution < 1.29 is 24.2 Å². The van der Waals surface area contributed by atoms with Gasteiger partial charge in [-0.05, 0) is 42.3 Å². The summed E-state index contributed by atoms with van der Waals surface area (Å²) in [6.07, 6.45) is 2.14. The summed E-state index contributed by atoms with van der Waals surface area (Å²) in [7, 11) is 1.58. The van der Waals surface area contributed by atoms with Crippen LogP contribution in [0.5, 0.6) is 5.75 Å². The van der Waals surface area contributed by atoms with Crippen LogP contribution in [0, 0.1) is 0 Å². The molecule has 1 aliphatic heterocycles. The van der Waals surface area contributed by atoms with Crippen molar-refractivity contribution in [1.82, 2.24) is 10.2 Å². The Morgan fingerprint density at radius 2 is 1.71 bits per heavy atom. The third kappa shape index (κ3) is 7.71. The van der Waals surface area contributed by atoms with Crippen molar-refractivity contribution in [2.45, 2.75) is 26.2 Å². The Hall–Kier alpha value is -3.59. The van der Waals surface area contributed by atoms with Crippen molar-refractivity contribution in [3.8, 4) is 5.75 Å². The first-order valence-electron chi connectivity index (χ1n) is 11.9. The largest absolute Gasteiger partial charge is 0.497 e. The number of carbonyl (C=O) groups excluding carboxylic acids is 2. The van der Waals surface area contributed by atoms with Gasteiger partial charge in [0.2, 0.25) is 11.8 Å². The number of aromatic carboxylic acids is 1. The van der Waals surface area contributed by atoms with E-state index in [9.17, 15) is 19.5 Å². The van der Waals surface area contributed by atoms with Gasteiger partial charge in [-0.3, -0.25) is 14.5 Å². The van der Waals surface area contributed by atoms with Crippen LogP contribution in [0.15, 0.2) is 42.5 Å². The van der Waals surface area contributed by atoms with Gasteiger partial charge in [0.05, 0.1) is 31.3 Å². The molecule has 0 bridgehead atoms. The fraction of sp³-hybridized carbons (Fsp3) is 0.423. The average molecular weight is 483 g/mol.